The van der Waals surface area contributed by atoms with E-state index in [0.29, 0.717) is 6.61 Å². The highest BCUT2D eigenvalue weighted by molar-refractivity contribution is 5.82. The first kappa shape index (κ1) is 11.9. The van der Waals surface area contributed by atoms with E-state index >= 15 is 0 Å². The molecule has 0 amide bonds. The number of esters is 1. The maximum atomic E-state index is 11.2. The van der Waals surface area contributed by atoms with Crippen molar-refractivity contribution in [3.8, 4) is 0 Å². The van der Waals surface area contributed by atoms with E-state index in [1.807, 2.05) is 6.92 Å². The highest BCUT2D eigenvalue weighted by Crippen LogP contribution is 2.26. The number of carbonyl (C=O) groups excluding carboxylic acids is 2. The number of hydrogen-bond acceptors (Lipinski definition) is 6. The third-order valence-electron chi connectivity index (χ3n) is 1.90. The van der Waals surface area contributed by atoms with Crippen LogP contribution in [0.2, 0.25) is 0 Å². The van der Waals surface area contributed by atoms with Gasteiger partial charge in [-0.15, -0.1) is 0 Å². The predicted molar refractivity (Wildman–Crippen MR) is 48.0 cm³/mol. The minimum absolute atomic E-state index is 0.0686. The first-order valence-electron chi connectivity index (χ1n) is 4.55. The highest BCUT2D eigenvalue weighted by Gasteiger charge is 2.38. The standard InChI is InChI=1S/C9H14O6/c1-6-5-13-9(2,15-6)4-7(10)14-8(11)12-3/h6H,4-5H2,1-3H3. The SMILES string of the molecule is COC(=O)OC(=O)CC1(C)OCC(C)O1. The van der Waals surface area contributed by atoms with E-state index in [0.717, 1.165) is 7.11 Å². The van der Waals surface area contributed by atoms with Gasteiger partial charge in [-0.3, -0.25) is 4.79 Å². The predicted octanol–water partition coefficient (Wildman–Crippen LogP) is 0.838. The summed E-state index contributed by atoms with van der Waals surface area (Å²) in [7, 11) is 1.13. The van der Waals surface area contributed by atoms with E-state index in [-0.39, 0.29) is 12.5 Å². The number of ether oxygens (including phenoxy) is 4. The van der Waals surface area contributed by atoms with Crippen molar-refractivity contribution in [2.45, 2.75) is 32.2 Å². The van der Waals surface area contributed by atoms with Gasteiger partial charge in [-0.25, -0.2) is 4.79 Å². The Labute approximate surface area is 87.4 Å². The van der Waals surface area contributed by atoms with Crippen LogP contribution in [-0.2, 0) is 23.7 Å². The molecule has 2 atom stereocenters. The monoisotopic (exact) mass is 218 g/mol. The van der Waals surface area contributed by atoms with Crippen molar-refractivity contribution in [2.24, 2.45) is 0 Å². The zero-order valence-electron chi connectivity index (χ0n) is 8.94. The van der Waals surface area contributed by atoms with Crippen LogP contribution in [0.15, 0.2) is 0 Å². The van der Waals surface area contributed by atoms with Crippen molar-refractivity contribution in [1.82, 2.24) is 0 Å². The van der Waals surface area contributed by atoms with Crippen LogP contribution >= 0.6 is 0 Å². The van der Waals surface area contributed by atoms with E-state index in [1.165, 1.54) is 0 Å². The van der Waals surface area contributed by atoms with Gasteiger partial charge in [-0.05, 0) is 13.8 Å². The fourth-order valence-electron chi connectivity index (χ4n) is 1.31. The molecule has 0 spiro atoms. The van der Waals surface area contributed by atoms with Crippen molar-refractivity contribution in [3.05, 3.63) is 0 Å². The first-order chi connectivity index (χ1) is 6.95. The fraction of sp³-hybridized carbons (Fsp3) is 0.778. The van der Waals surface area contributed by atoms with Gasteiger partial charge in [-0.1, -0.05) is 0 Å². The van der Waals surface area contributed by atoms with Gasteiger partial charge in [-0.2, -0.15) is 0 Å². The minimum atomic E-state index is -1.03. The van der Waals surface area contributed by atoms with Gasteiger partial charge in [0.05, 0.1) is 26.2 Å². The van der Waals surface area contributed by atoms with Crippen molar-refractivity contribution in [3.63, 3.8) is 0 Å². The lowest BCUT2D eigenvalue weighted by molar-refractivity contribution is -0.176. The summed E-state index contributed by atoms with van der Waals surface area (Å²) in [6.45, 7) is 3.87. The zero-order valence-corrected chi connectivity index (χ0v) is 8.94. The van der Waals surface area contributed by atoms with Crippen LogP contribution < -0.4 is 0 Å². The lowest BCUT2D eigenvalue weighted by Gasteiger charge is -2.20. The molecule has 1 heterocycles. The van der Waals surface area contributed by atoms with E-state index in [1.54, 1.807) is 6.92 Å². The summed E-state index contributed by atoms with van der Waals surface area (Å²) in [5.74, 6) is -1.75. The quantitative estimate of drug-likeness (QED) is 0.505. The Bertz CT molecular complexity index is 263. The summed E-state index contributed by atoms with van der Waals surface area (Å²) >= 11 is 0. The van der Waals surface area contributed by atoms with Crippen LogP contribution in [0.4, 0.5) is 4.79 Å². The molecule has 2 unspecified atom stereocenters. The van der Waals surface area contributed by atoms with Gasteiger partial charge >= 0.3 is 12.1 Å². The van der Waals surface area contributed by atoms with Gasteiger partial charge in [0, 0.05) is 0 Å². The number of carbonyl (C=O) groups is 2. The summed E-state index contributed by atoms with van der Waals surface area (Å²) in [6.07, 6.45) is -1.25. The van der Waals surface area contributed by atoms with Crippen LogP contribution in [0, 0.1) is 0 Å². The third kappa shape index (κ3) is 3.49. The Morgan fingerprint density at radius 2 is 2.20 bits per heavy atom. The number of rotatable bonds is 2. The molecule has 0 bridgehead atoms. The highest BCUT2D eigenvalue weighted by atomic mass is 16.8. The summed E-state index contributed by atoms with van der Waals surface area (Å²) in [5.41, 5.74) is 0. The van der Waals surface area contributed by atoms with Crippen molar-refractivity contribution >= 4 is 12.1 Å². The normalized spacial score (nSPS) is 29.9. The van der Waals surface area contributed by atoms with Gasteiger partial charge in [0.1, 0.15) is 0 Å². The zero-order chi connectivity index (χ0) is 11.5. The lowest BCUT2D eigenvalue weighted by atomic mass is 10.2. The molecule has 1 aliphatic rings. The second kappa shape index (κ2) is 4.59. The summed E-state index contributed by atoms with van der Waals surface area (Å²) < 4.78 is 19.1. The molecule has 86 valence electrons. The Kier molecular flexibility index (Phi) is 3.65. The van der Waals surface area contributed by atoms with E-state index in [2.05, 4.69) is 9.47 Å². The second-order valence-electron chi connectivity index (χ2n) is 3.48. The Hall–Kier alpha value is -1.14. The fourth-order valence-corrected chi connectivity index (χ4v) is 1.31. The molecule has 0 aliphatic carbocycles. The first-order valence-corrected chi connectivity index (χ1v) is 4.55. The molecule has 6 heteroatoms. The third-order valence-corrected chi connectivity index (χ3v) is 1.90. The molecule has 6 nitrogen and oxygen atoms in total. The molecule has 1 rings (SSSR count). The van der Waals surface area contributed by atoms with Crippen LogP contribution in [0.3, 0.4) is 0 Å². The molecule has 0 aromatic rings. The molecular weight excluding hydrogens is 204 g/mol. The Balaban J connectivity index is 2.41. The summed E-state index contributed by atoms with van der Waals surface area (Å²) in [5, 5.41) is 0. The molecular formula is C9H14O6. The Morgan fingerprint density at radius 1 is 1.53 bits per heavy atom. The molecule has 1 fully saturated rings. The largest absolute Gasteiger partial charge is 0.515 e. The van der Waals surface area contributed by atoms with Crippen molar-refractivity contribution in [1.29, 1.82) is 0 Å². The molecule has 0 aromatic carbocycles. The lowest BCUT2D eigenvalue weighted by Crippen LogP contribution is -2.31. The van der Waals surface area contributed by atoms with Gasteiger partial charge in [0.15, 0.2) is 5.79 Å². The maximum Gasteiger partial charge on any atom is 0.515 e. The molecule has 0 saturated carbocycles. The molecule has 0 radical (unpaired) electrons. The average Bonchev–Trinajstić information content (AvgIpc) is 2.45. The molecule has 1 saturated heterocycles. The van der Waals surface area contributed by atoms with Crippen LogP contribution in [0.25, 0.3) is 0 Å². The molecule has 15 heavy (non-hydrogen) atoms. The molecule has 1 aliphatic heterocycles. The average molecular weight is 218 g/mol. The van der Waals surface area contributed by atoms with Gasteiger partial charge in [0.2, 0.25) is 0 Å². The maximum absolute atomic E-state index is 11.2. The van der Waals surface area contributed by atoms with E-state index < -0.39 is 17.9 Å². The number of hydrogen-bond donors (Lipinski definition) is 0. The second-order valence-corrected chi connectivity index (χ2v) is 3.48. The summed E-state index contributed by atoms with van der Waals surface area (Å²) in [4.78, 5) is 21.8. The molecule has 0 aromatic heterocycles. The van der Waals surface area contributed by atoms with Crippen LogP contribution in [0.5, 0.6) is 0 Å². The minimum Gasteiger partial charge on any atom is -0.437 e. The van der Waals surface area contributed by atoms with Crippen molar-refractivity contribution < 1.29 is 28.5 Å². The number of methoxy groups -OCH3 is 1. The summed E-state index contributed by atoms with van der Waals surface area (Å²) in [6, 6.07) is 0. The van der Waals surface area contributed by atoms with Gasteiger partial charge < -0.3 is 18.9 Å². The topological polar surface area (TPSA) is 71.1 Å². The van der Waals surface area contributed by atoms with E-state index in [4.69, 9.17) is 9.47 Å². The van der Waals surface area contributed by atoms with Gasteiger partial charge in [0.25, 0.3) is 0 Å². The van der Waals surface area contributed by atoms with Crippen LogP contribution in [0.1, 0.15) is 20.3 Å². The van der Waals surface area contributed by atoms with E-state index in [9.17, 15) is 9.59 Å². The molecule has 0 N–H and O–H groups in total. The van der Waals surface area contributed by atoms with Crippen molar-refractivity contribution in [2.75, 3.05) is 13.7 Å². The smallest absolute Gasteiger partial charge is 0.437 e. The van der Waals surface area contributed by atoms with Crippen LogP contribution in [-0.4, -0.2) is 37.7 Å². The Morgan fingerprint density at radius 3 is 2.67 bits per heavy atom.